The molecule has 1 aliphatic heterocycles. The molecule has 1 aromatic carbocycles. The Balaban J connectivity index is 1.87. The van der Waals surface area contributed by atoms with E-state index in [4.69, 9.17) is 4.74 Å². The third kappa shape index (κ3) is 4.52. The number of nitrogens with one attached hydrogen (secondary N) is 1. The van der Waals surface area contributed by atoms with Gasteiger partial charge in [-0.3, -0.25) is 14.6 Å². The molecule has 0 spiro atoms. The monoisotopic (exact) mass is 368 g/mol. The maximum absolute atomic E-state index is 13.0. The van der Waals surface area contributed by atoms with E-state index in [9.17, 15) is 9.59 Å². The summed E-state index contributed by atoms with van der Waals surface area (Å²) >= 11 is 0. The molecule has 1 saturated heterocycles. The highest BCUT2D eigenvalue weighted by Crippen LogP contribution is 2.37. The normalized spacial score (nSPS) is 15.7. The van der Waals surface area contributed by atoms with Crippen molar-refractivity contribution in [2.75, 3.05) is 26.9 Å². The summed E-state index contributed by atoms with van der Waals surface area (Å²) in [6.45, 7) is 0.934. The Kier molecular flexibility index (Phi) is 6.19. The molecule has 0 atom stereocenters. The van der Waals surface area contributed by atoms with Crippen LogP contribution in [0.25, 0.3) is 11.1 Å². The second-order valence-corrected chi connectivity index (χ2v) is 6.73. The second-order valence-electron chi connectivity index (χ2n) is 6.73. The van der Waals surface area contributed by atoms with Crippen LogP contribution in [0, 0.1) is 5.41 Å². The summed E-state index contributed by atoms with van der Waals surface area (Å²) in [6.07, 6.45) is 5.37. The molecule has 6 heteroatoms. The van der Waals surface area contributed by atoms with E-state index >= 15 is 0 Å². The van der Waals surface area contributed by atoms with Gasteiger partial charge in [0.25, 0.3) is 0 Å². The first-order valence-corrected chi connectivity index (χ1v) is 9.06. The molecule has 142 valence electrons. The van der Waals surface area contributed by atoms with Crippen LogP contribution in [0.5, 0.6) is 0 Å². The second kappa shape index (κ2) is 8.77. The zero-order valence-electron chi connectivity index (χ0n) is 15.4. The van der Waals surface area contributed by atoms with Crippen molar-refractivity contribution in [2.24, 2.45) is 5.41 Å². The van der Waals surface area contributed by atoms with Crippen LogP contribution in [0.15, 0.2) is 48.8 Å². The maximum Gasteiger partial charge on any atom is 0.325 e. The van der Waals surface area contributed by atoms with Gasteiger partial charge in [-0.05, 0) is 36.5 Å². The highest BCUT2D eigenvalue weighted by atomic mass is 16.5. The summed E-state index contributed by atoms with van der Waals surface area (Å²) in [7, 11) is 1.31. The fraction of sp³-hybridized carbons (Fsp3) is 0.381. The molecule has 2 aromatic rings. The summed E-state index contributed by atoms with van der Waals surface area (Å²) < 4.78 is 10.1. The Bertz CT molecular complexity index is 786. The molecule has 0 unspecified atom stereocenters. The van der Waals surface area contributed by atoms with Crippen LogP contribution in [-0.2, 0) is 25.5 Å². The van der Waals surface area contributed by atoms with Crippen molar-refractivity contribution in [1.82, 2.24) is 10.3 Å². The quantitative estimate of drug-likeness (QED) is 0.792. The molecule has 0 aliphatic carbocycles. The number of amides is 1. The third-order valence-corrected chi connectivity index (χ3v) is 5.07. The highest BCUT2D eigenvalue weighted by molar-refractivity contribution is 5.87. The van der Waals surface area contributed by atoms with Gasteiger partial charge in [0.15, 0.2) is 0 Å². The Morgan fingerprint density at radius 2 is 1.96 bits per heavy atom. The van der Waals surface area contributed by atoms with Crippen LogP contribution < -0.4 is 5.32 Å². The number of esters is 1. The molecular weight excluding hydrogens is 344 g/mol. The Morgan fingerprint density at radius 3 is 2.67 bits per heavy atom. The summed E-state index contributed by atoms with van der Waals surface area (Å²) in [5, 5.41) is 2.74. The van der Waals surface area contributed by atoms with Gasteiger partial charge in [-0.2, -0.15) is 0 Å². The standard InChI is InChI=1S/C21H24N2O4/c1-26-19(24)15-23-20(25)21(8-11-27-12-9-21)13-16-5-2-3-7-18(16)17-6-4-10-22-14-17/h2-7,10,14H,8-9,11-13,15H2,1H3,(H,23,25). The number of hydrogen-bond donors (Lipinski definition) is 1. The first-order valence-electron chi connectivity index (χ1n) is 9.06. The minimum atomic E-state index is -0.607. The first kappa shape index (κ1) is 19.0. The zero-order chi connectivity index (χ0) is 19.1. The van der Waals surface area contributed by atoms with E-state index < -0.39 is 11.4 Å². The van der Waals surface area contributed by atoms with Gasteiger partial charge in [0.2, 0.25) is 5.91 Å². The fourth-order valence-corrected chi connectivity index (χ4v) is 3.50. The van der Waals surface area contributed by atoms with Crippen molar-refractivity contribution in [3.63, 3.8) is 0 Å². The third-order valence-electron chi connectivity index (χ3n) is 5.07. The number of ether oxygens (including phenoxy) is 2. The van der Waals surface area contributed by atoms with E-state index in [0.717, 1.165) is 16.7 Å². The highest BCUT2D eigenvalue weighted by Gasteiger charge is 2.40. The number of nitrogens with zero attached hydrogens (tertiary/aromatic N) is 1. The predicted octanol–water partition coefficient (Wildman–Crippen LogP) is 2.38. The van der Waals surface area contributed by atoms with Crippen LogP contribution in [-0.4, -0.2) is 43.7 Å². The lowest BCUT2D eigenvalue weighted by atomic mass is 9.73. The largest absolute Gasteiger partial charge is 0.468 e. The average Bonchev–Trinajstić information content (AvgIpc) is 2.73. The molecule has 2 heterocycles. The average molecular weight is 368 g/mol. The Morgan fingerprint density at radius 1 is 1.19 bits per heavy atom. The summed E-state index contributed by atoms with van der Waals surface area (Å²) in [6, 6.07) is 12.0. The van der Waals surface area contributed by atoms with Crippen LogP contribution in [0.1, 0.15) is 18.4 Å². The zero-order valence-corrected chi connectivity index (χ0v) is 15.4. The first-order chi connectivity index (χ1) is 13.1. The maximum atomic E-state index is 13.0. The molecule has 1 N–H and O–H groups in total. The SMILES string of the molecule is COC(=O)CNC(=O)C1(Cc2ccccc2-c2cccnc2)CCOCC1. The molecule has 1 amide bonds. The van der Waals surface area contributed by atoms with Crippen LogP contribution in [0.2, 0.25) is 0 Å². The topological polar surface area (TPSA) is 77.5 Å². The van der Waals surface area contributed by atoms with Crippen molar-refractivity contribution in [3.8, 4) is 11.1 Å². The number of benzene rings is 1. The smallest absolute Gasteiger partial charge is 0.325 e. The van der Waals surface area contributed by atoms with E-state index in [2.05, 4.69) is 15.0 Å². The van der Waals surface area contributed by atoms with E-state index in [1.54, 1.807) is 6.20 Å². The van der Waals surface area contributed by atoms with E-state index in [-0.39, 0.29) is 12.5 Å². The van der Waals surface area contributed by atoms with Crippen molar-refractivity contribution in [3.05, 3.63) is 54.4 Å². The molecule has 0 saturated carbocycles. The number of rotatable bonds is 6. The van der Waals surface area contributed by atoms with Crippen molar-refractivity contribution >= 4 is 11.9 Å². The Hall–Kier alpha value is -2.73. The summed E-state index contributed by atoms with van der Waals surface area (Å²) in [4.78, 5) is 28.6. The Labute approximate surface area is 158 Å². The van der Waals surface area contributed by atoms with Gasteiger partial charge in [0, 0.05) is 31.2 Å². The molecule has 6 nitrogen and oxygen atoms in total. The molecule has 1 aliphatic rings. The van der Waals surface area contributed by atoms with Crippen molar-refractivity contribution < 1.29 is 19.1 Å². The lowest BCUT2D eigenvalue weighted by Crippen LogP contribution is -2.47. The van der Waals surface area contributed by atoms with Gasteiger partial charge in [0.1, 0.15) is 6.54 Å². The molecule has 1 fully saturated rings. The number of hydrogen-bond acceptors (Lipinski definition) is 5. The van der Waals surface area contributed by atoms with Gasteiger partial charge >= 0.3 is 5.97 Å². The number of aromatic nitrogens is 1. The molecule has 0 radical (unpaired) electrons. The van der Waals surface area contributed by atoms with Crippen LogP contribution in [0.4, 0.5) is 0 Å². The van der Waals surface area contributed by atoms with Crippen LogP contribution in [0.3, 0.4) is 0 Å². The summed E-state index contributed by atoms with van der Waals surface area (Å²) in [5.74, 6) is -0.585. The van der Waals surface area contributed by atoms with Gasteiger partial charge in [-0.25, -0.2) is 0 Å². The van der Waals surface area contributed by atoms with Gasteiger partial charge in [0.05, 0.1) is 12.5 Å². The lowest BCUT2D eigenvalue weighted by Gasteiger charge is -2.36. The summed E-state index contributed by atoms with van der Waals surface area (Å²) in [5.41, 5.74) is 2.56. The molecule has 27 heavy (non-hydrogen) atoms. The van der Waals surface area contributed by atoms with Crippen molar-refractivity contribution in [1.29, 1.82) is 0 Å². The molecule has 1 aromatic heterocycles. The van der Waals surface area contributed by atoms with E-state index in [1.807, 2.05) is 42.6 Å². The number of carbonyl (C=O) groups is 2. The van der Waals surface area contributed by atoms with E-state index in [0.29, 0.717) is 32.5 Å². The molecular formula is C21H24N2O4. The predicted molar refractivity (Wildman–Crippen MR) is 101 cm³/mol. The van der Waals surface area contributed by atoms with Crippen molar-refractivity contribution in [2.45, 2.75) is 19.3 Å². The van der Waals surface area contributed by atoms with Gasteiger partial charge in [-0.1, -0.05) is 30.3 Å². The van der Waals surface area contributed by atoms with E-state index in [1.165, 1.54) is 7.11 Å². The molecule has 3 rings (SSSR count). The molecule has 0 bridgehead atoms. The number of pyridine rings is 1. The van der Waals surface area contributed by atoms with Gasteiger partial charge < -0.3 is 14.8 Å². The fourth-order valence-electron chi connectivity index (χ4n) is 3.50. The number of methoxy groups -OCH3 is 1. The minimum Gasteiger partial charge on any atom is -0.468 e. The van der Waals surface area contributed by atoms with Crippen LogP contribution >= 0.6 is 0 Å². The minimum absolute atomic E-state index is 0.123. The number of carbonyl (C=O) groups excluding carboxylic acids is 2. The lowest BCUT2D eigenvalue weighted by molar-refractivity contribution is -0.144. The van der Waals surface area contributed by atoms with Gasteiger partial charge in [-0.15, -0.1) is 0 Å².